The molecule has 16 heavy (non-hydrogen) atoms. The Labute approximate surface area is 97.9 Å². The standard InChI is InChI=1S/C12H22N4/c1-14(8-11-5-4-6-15(11)2)9-12-7-13-10-16(12)3/h7,10-11H,4-6,8-9H2,1-3H3/t11-/m0/s1. The zero-order valence-electron chi connectivity index (χ0n) is 10.6. The Bertz CT molecular complexity index is 334. The van der Waals surface area contributed by atoms with Crippen molar-refractivity contribution in [2.45, 2.75) is 25.4 Å². The van der Waals surface area contributed by atoms with Crippen molar-refractivity contribution in [3.05, 3.63) is 18.2 Å². The zero-order chi connectivity index (χ0) is 11.5. The number of imidazole rings is 1. The number of hydrogen-bond acceptors (Lipinski definition) is 3. The first-order valence-corrected chi connectivity index (χ1v) is 6.01. The smallest absolute Gasteiger partial charge is 0.0945 e. The van der Waals surface area contributed by atoms with Gasteiger partial charge in [0.2, 0.25) is 0 Å². The first kappa shape index (κ1) is 11.6. The van der Waals surface area contributed by atoms with Crippen molar-refractivity contribution in [2.24, 2.45) is 7.05 Å². The first-order valence-electron chi connectivity index (χ1n) is 6.01. The van der Waals surface area contributed by atoms with Crippen LogP contribution in [0, 0.1) is 0 Å². The summed E-state index contributed by atoms with van der Waals surface area (Å²) in [6.07, 6.45) is 6.51. The lowest BCUT2D eigenvalue weighted by Gasteiger charge is -2.25. The van der Waals surface area contributed by atoms with Crippen LogP contribution in [0.3, 0.4) is 0 Å². The van der Waals surface area contributed by atoms with Gasteiger partial charge in [0.1, 0.15) is 0 Å². The van der Waals surface area contributed by atoms with E-state index in [1.54, 1.807) is 0 Å². The van der Waals surface area contributed by atoms with Crippen LogP contribution >= 0.6 is 0 Å². The topological polar surface area (TPSA) is 24.3 Å². The van der Waals surface area contributed by atoms with Gasteiger partial charge in [-0.3, -0.25) is 4.90 Å². The molecule has 0 aromatic carbocycles. The molecule has 1 aliphatic rings. The minimum atomic E-state index is 0.734. The van der Waals surface area contributed by atoms with Crippen molar-refractivity contribution < 1.29 is 0 Å². The Morgan fingerprint density at radius 2 is 2.31 bits per heavy atom. The molecule has 1 fully saturated rings. The molecule has 90 valence electrons. The van der Waals surface area contributed by atoms with Crippen LogP contribution in [0.1, 0.15) is 18.5 Å². The predicted molar refractivity (Wildman–Crippen MR) is 65.2 cm³/mol. The molecule has 2 rings (SSSR count). The van der Waals surface area contributed by atoms with E-state index in [-0.39, 0.29) is 0 Å². The fourth-order valence-electron chi connectivity index (χ4n) is 2.45. The maximum Gasteiger partial charge on any atom is 0.0945 e. The third-order valence-corrected chi connectivity index (χ3v) is 3.54. The first-order chi connectivity index (χ1) is 7.66. The Morgan fingerprint density at radius 1 is 1.50 bits per heavy atom. The molecular weight excluding hydrogens is 200 g/mol. The lowest BCUT2D eigenvalue weighted by atomic mass is 10.2. The Morgan fingerprint density at radius 3 is 2.88 bits per heavy atom. The summed E-state index contributed by atoms with van der Waals surface area (Å²) in [6, 6.07) is 0.734. The Kier molecular flexibility index (Phi) is 3.61. The fourth-order valence-corrected chi connectivity index (χ4v) is 2.45. The van der Waals surface area contributed by atoms with Crippen LogP contribution in [0.2, 0.25) is 0 Å². The molecule has 0 saturated carbocycles. The average molecular weight is 222 g/mol. The zero-order valence-corrected chi connectivity index (χ0v) is 10.6. The van der Waals surface area contributed by atoms with Gasteiger partial charge in [-0.05, 0) is 33.5 Å². The summed E-state index contributed by atoms with van der Waals surface area (Å²) < 4.78 is 2.09. The second kappa shape index (κ2) is 4.97. The van der Waals surface area contributed by atoms with Crippen molar-refractivity contribution >= 4 is 0 Å². The van der Waals surface area contributed by atoms with Gasteiger partial charge in [0.25, 0.3) is 0 Å². The van der Waals surface area contributed by atoms with E-state index < -0.39 is 0 Å². The van der Waals surface area contributed by atoms with Gasteiger partial charge < -0.3 is 9.47 Å². The summed E-state index contributed by atoms with van der Waals surface area (Å²) in [6.45, 7) is 3.40. The molecule has 2 heterocycles. The summed E-state index contributed by atoms with van der Waals surface area (Å²) in [4.78, 5) is 9.01. The molecule has 4 nitrogen and oxygen atoms in total. The number of likely N-dealkylation sites (tertiary alicyclic amines) is 1. The maximum atomic E-state index is 4.15. The summed E-state index contributed by atoms with van der Waals surface area (Å²) in [5, 5.41) is 0. The van der Waals surface area contributed by atoms with Gasteiger partial charge in [-0.1, -0.05) is 0 Å². The van der Waals surface area contributed by atoms with E-state index in [2.05, 4.69) is 40.5 Å². The maximum absolute atomic E-state index is 4.15. The van der Waals surface area contributed by atoms with Gasteiger partial charge in [0, 0.05) is 32.4 Å². The molecule has 0 N–H and O–H groups in total. The quantitative estimate of drug-likeness (QED) is 0.758. The van der Waals surface area contributed by atoms with E-state index in [9.17, 15) is 0 Å². The second-order valence-electron chi connectivity index (χ2n) is 4.97. The van der Waals surface area contributed by atoms with E-state index in [0.29, 0.717) is 0 Å². The minimum Gasteiger partial charge on any atom is -0.337 e. The highest BCUT2D eigenvalue weighted by molar-refractivity contribution is 4.97. The van der Waals surface area contributed by atoms with Crippen molar-refractivity contribution in [3.63, 3.8) is 0 Å². The van der Waals surface area contributed by atoms with Crippen LogP contribution < -0.4 is 0 Å². The number of nitrogens with zero attached hydrogens (tertiary/aromatic N) is 4. The molecule has 0 unspecified atom stereocenters. The SMILES string of the molecule is CN(Cc1cncn1C)C[C@@H]1CCCN1C. The van der Waals surface area contributed by atoms with Gasteiger partial charge in [-0.15, -0.1) is 0 Å². The molecule has 0 radical (unpaired) electrons. The van der Waals surface area contributed by atoms with E-state index in [0.717, 1.165) is 19.1 Å². The number of likely N-dealkylation sites (N-methyl/N-ethyl adjacent to an activating group) is 2. The van der Waals surface area contributed by atoms with Crippen molar-refractivity contribution in [1.82, 2.24) is 19.4 Å². The fraction of sp³-hybridized carbons (Fsp3) is 0.750. The third kappa shape index (κ3) is 2.62. The van der Waals surface area contributed by atoms with E-state index in [1.807, 2.05) is 12.5 Å². The van der Waals surface area contributed by atoms with Crippen molar-refractivity contribution in [2.75, 3.05) is 27.2 Å². The van der Waals surface area contributed by atoms with Crippen LogP contribution in [0.25, 0.3) is 0 Å². The van der Waals surface area contributed by atoms with Gasteiger partial charge in [-0.2, -0.15) is 0 Å². The highest BCUT2D eigenvalue weighted by Crippen LogP contribution is 2.16. The minimum absolute atomic E-state index is 0.734. The number of aromatic nitrogens is 2. The summed E-state index contributed by atoms with van der Waals surface area (Å²) in [5.41, 5.74) is 1.28. The normalized spacial score (nSPS) is 22.1. The number of aryl methyl sites for hydroxylation is 1. The van der Waals surface area contributed by atoms with Crippen molar-refractivity contribution in [1.29, 1.82) is 0 Å². The van der Waals surface area contributed by atoms with Gasteiger partial charge in [0.05, 0.1) is 12.0 Å². The molecule has 1 atom stereocenters. The highest BCUT2D eigenvalue weighted by atomic mass is 15.2. The van der Waals surface area contributed by atoms with E-state index in [4.69, 9.17) is 0 Å². The molecule has 0 amide bonds. The van der Waals surface area contributed by atoms with Crippen LogP contribution in [0.15, 0.2) is 12.5 Å². The van der Waals surface area contributed by atoms with Gasteiger partial charge >= 0.3 is 0 Å². The predicted octanol–water partition coefficient (Wildman–Crippen LogP) is 0.946. The molecule has 1 aromatic rings. The van der Waals surface area contributed by atoms with Crippen LogP contribution in [0.5, 0.6) is 0 Å². The van der Waals surface area contributed by atoms with E-state index in [1.165, 1.54) is 25.1 Å². The largest absolute Gasteiger partial charge is 0.337 e. The third-order valence-electron chi connectivity index (χ3n) is 3.54. The second-order valence-corrected chi connectivity index (χ2v) is 4.97. The average Bonchev–Trinajstić information content (AvgIpc) is 2.79. The Balaban J connectivity index is 1.84. The van der Waals surface area contributed by atoms with Crippen LogP contribution in [-0.4, -0.2) is 52.6 Å². The highest BCUT2D eigenvalue weighted by Gasteiger charge is 2.22. The van der Waals surface area contributed by atoms with Crippen LogP contribution in [-0.2, 0) is 13.6 Å². The van der Waals surface area contributed by atoms with Crippen molar-refractivity contribution in [3.8, 4) is 0 Å². The number of hydrogen-bond donors (Lipinski definition) is 0. The molecule has 4 heteroatoms. The Hall–Kier alpha value is -0.870. The van der Waals surface area contributed by atoms with E-state index >= 15 is 0 Å². The molecule has 1 saturated heterocycles. The van der Waals surface area contributed by atoms with Gasteiger partial charge in [-0.25, -0.2) is 4.98 Å². The lowest BCUT2D eigenvalue weighted by Crippen LogP contribution is -2.36. The van der Waals surface area contributed by atoms with Crippen LogP contribution in [0.4, 0.5) is 0 Å². The summed E-state index contributed by atoms with van der Waals surface area (Å²) in [7, 11) is 6.48. The molecule has 1 aliphatic heterocycles. The van der Waals surface area contributed by atoms with Gasteiger partial charge in [0.15, 0.2) is 0 Å². The molecule has 0 spiro atoms. The molecule has 1 aromatic heterocycles. The lowest BCUT2D eigenvalue weighted by molar-refractivity contribution is 0.213. The molecule has 0 aliphatic carbocycles. The monoisotopic (exact) mass is 222 g/mol. The summed E-state index contributed by atoms with van der Waals surface area (Å²) >= 11 is 0. The molecular formula is C12H22N4. The molecule has 0 bridgehead atoms. The number of rotatable bonds is 4. The summed E-state index contributed by atoms with van der Waals surface area (Å²) in [5.74, 6) is 0.